The van der Waals surface area contributed by atoms with Gasteiger partial charge in [-0.1, -0.05) is 13.0 Å². The highest BCUT2D eigenvalue weighted by molar-refractivity contribution is 5.78. The molecule has 156 valence electrons. The molecule has 1 unspecified atom stereocenters. The molecule has 2 fully saturated rings. The van der Waals surface area contributed by atoms with E-state index in [-0.39, 0.29) is 22.8 Å². The van der Waals surface area contributed by atoms with E-state index in [1.807, 2.05) is 12.3 Å². The maximum absolute atomic E-state index is 13.8. The summed E-state index contributed by atoms with van der Waals surface area (Å²) in [6, 6.07) is 6.82. The molecule has 0 radical (unpaired) electrons. The topological polar surface area (TPSA) is 41.4 Å². The fourth-order valence-corrected chi connectivity index (χ4v) is 5.43. The molecule has 1 aromatic heterocycles. The van der Waals surface area contributed by atoms with Crippen LogP contribution >= 0.6 is 0 Å². The second-order valence-corrected chi connectivity index (χ2v) is 9.07. The molecular formula is C23H31FN4O. The lowest BCUT2D eigenvalue weighted by Crippen LogP contribution is -2.49. The molecular weight excluding hydrogens is 367 g/mol. The van der Waals surface area contributed by atoms with Crippen LogP contribution in [0.15, 0.2) is 36.7 Å². The quantitative estimate of drug-likeness (QED) is 0.764. The second-order valence-electron chi connectivity index (χ2n) is 9.07. The number of hydrogen-bond donors (Lipinski definition) is 0. The molecule has 0 saturated carbocycles. The summed E-state index contributed by atoms with van der Waals surface area (Å²) in [6.45, 7) is 8.74. The van der Waals surface area contributed by atoms with Crippen molar-refractivity contribution in [3.63, 3.8) is 0 Å². The molecule has 2 aliphatic heterocycles. The van der Waals surface area contributed by atoms with Crippen molar-refractivity contribution in [3.05, 3.63) is 48.3 Å². The van der Waals surface area contributed by atoms with Crippen LogP contribution in [0, 0.1) is 5.82 Å². The standard InChI is InChI=1S/C23H31FN4O/c1-4-20-25-11-14-26(20)13-9-21(29)27-12-6-10-23(27)16-22(2,3)28(17-23)19-8-5-7-18(24)15-19/h5,7-8,11,14-15H,4,6,9-10,12-13,16-17H2,1-3H3. The highest BCUT2D eigenvalue weighted by Gasteiger charge is 2.54. The number of imidazole rings is 1. The largest absolute Gasteiger partial charge is 0.364 e. The summed E-state index contributed by atoms with van der Waals surface area (Å²) in [6.07, 6.45) is 8.07. The molecule has 4 rings (SSSR count). The molecule has 2 aliphatic rings. The fourth-order valence-electron chi connectivity index (χ4n) is 5.43. The normalized spacial score (nSPS) is 23.3. The zero-order valence-corrected chi connectivity index (χ0v) is 17.7. The number of benzene rings is 1. The zero-order chi connectivity index (χ0) is 20.6. The monoisotopic (exact) mass is 398 g/mol. The summed E-state index contributed by atoms with van der Waals surface area (Å²) >= 11 is 0. The second kappa shape index (κ2) is 7.47. The number of aromatic nitrogens is 2. The van der Waals surface area contributed by atoms with Crippen molar-refractivity contribution >= 4 is 11.6 Å². The van der Waals surface area contributed by atoms with Crippen molar-refractivity contribution in [2.75, 3.05) is 18.0 Å². The zero-order valence-electron chi connectivity index (χ0n) is 17.7. The van der Waals surface area contributed by atoms with Gasteiger partial charge in [-0.2, -0.15) is 0 Å². The summed E-state index contributed by atoms with van der Waals surface area (Å²) in [4.78, 5) is 22.0. The highest BCUT2D eigenvalue weighted by atomic mass is 19.1. The molecule has 3 heterocycles. The predicted molar refractivity (Wildman–Crippen MR) is 112 cm³/mol. The molecule has 1 aromatic carbocycles. The van der Waals surface area contributed by atoms with Gasteiger partial charge in [0.05, 0.1) is 5.54 Å². The number of rotatable bonds is 5. The minimum absolute atomic E-state index is 0.129. The third-order valence-corrected chi connectivity index (χ3v) is 6.65. The van der Waals surface area contributed by atoms with Gasteiger partial charge in [-0.25, -0.2) is 9.37 Å². The van der Waals surface area contributed by atoms with E-state index in [0.717, 1.165) is 50.3 Å². The van der Waals surface area contributed by atoms with Crippen LogP contribution in [-0.4, -0.2) is 44.5 Å². The van der Waals surface area contributed by atoms with Gasteiger partial charge < -0.3 is 14.4 Å². The van der Waals surface area contributed by atoms with Gasteiger partial charge >= 0.3 is 0 Å². The van der Waals surface area contributed by atoms with Gasteiger partial charge in [0.25, 0.3) is 0 Å². The Morgan fingerprint density at radius 1 is 1.31 bits per heavy atom. The lowest BCUT2D eigenvalue weighted by Gasteiger charge is -2.35. The number of anilines is 1. The number of hydrogen-bond acceptors (Lipinski definition) is 3. The van der Waals surface area contributed by atoms with E-state index in [0.29, 0.717) is 13.0 Å². The number of carbonyl (C=O) groups excluding carboxylic acids is 1. The molecule has 0 N–H and O–H groups in total. The number of nitrogens with zero attached hydrogens (tertiary/aromatic N) is 4. The van der Waals surface area contributed by atoms with Crippen molar-refractivity contribution in [2.45, 2.75) is 70.5 Å². The Morgan fingerprint density at radius 2 is 2.14 bits per heavy atom. The first-order valence-corrected chi connectivity index (χ1v) is 10.7. The minimum atomic E-state index is -0.217. The predicted octanol–water partition coefficient (Wildman–Crippen LogP) is 4.02. The summed E-state index contributed by atoms with van der Waals surface area (Å²) in [5, 5.41) is 0. The molecule has 0 aliphatic carbocycles. The molecule has 1 amide bonds. The fraction of sp³-hybridized carbons (Fsp3) is 0.565. The van der Waals surface area contributed by atoms with Crippen LogP contribution in [-0.2, 0) is 17.8 Å². The summed E-state index contributed by atoms with van der Waals surface area (Å²) in [7, 11) is 0. The van der Waals surface area contributed by atoms with Crippen molar-refractivity contribution in [1.82, 2.24) is 14.5 Å². The van der Waals surface area contributed by atoms with Crippen molar-refractivity contribution in [1.29, 1.82) is 0 Å². The Morgan fingerprint density at radius 3 is 2.90 bits per heavy atom. The van der Waals surface area contributed by atoms with Crippen molar-refractivity contribution in [3.8, 4) is 0 Å². The van der Waals surface area contributed by atoms with Crippen LogP contribution in [0.25, 0.3) is 0 Å². The summed E-state index contributed by atoms with van der Waals surface area (Å²) < 4.78 is 15.9. The van der Waals surface area contributed by atoms with Crippen LogP contribution in [0.1, 0.15) is 52.3 Å². The van der Waals surface area contributed by atoms with E-state index < -0.39 is 0 Å². The first-order valence-electron chi connectivity index (χ1n) is 10.7. The first kappa shape index (κ1) is 19.9. The molecule has 1 spiro atoms. The third-order valence-electron chi connectivity index (χ3n) is 6.65. The number of carbonyl (C=O) groups is 1. The van der Waals surface area contributed by atoms with E-state index in [9.17, 15) is 9.18 Å². The first-order chi connectivity index (χ1) is 13.8. The third kappa shape index (κ3) is 3.65. The van der Waals surface area contributed by atoms with Crippen LogP contribution < -0.4 is 4.90 Å². The van der Waals surface area contributed by atoms with Gasteiger partial charge in [0, 0.05) is 56.1 Å². The van der Waals surface area contributed by atoms with Crippen LogP contribution in [0.2, 0.25) is 0 Å². The number of halogens is 1. The Labute approximate surface area is 172 Å². The number of aryl methyl sites for hydroxylation is 2. The maximum Gasteiger partial charge on any atom is 0.224 e. The average molecular weight is 399 g/mol. The van der Waals surface area contributed by atoms with Crippen LogP contribution in [0.4, 0.5) is 10.1 Å². The Hall–Kier alpha value is -2.37. The molecule has 1 atom stereocenters. The van der Waals surface area contributed by atoms with E-state index in [1.54, 1.807) is 18.3 Å². The van der Waals surface area contributed by atoms with E-state index in [2.05, 4.69) is 40.1 Å². The van der Waals surface area contributed by atoms with Gasteiger partial charge in [0.2, 0.25) is 5.91 Å². The Bertz CT molecular complexity index is 893. The van der Waals surface area contributed by atoms with Crippen LogP contribution in [0.5, 0.6) is 0 Å². The van der Waals surface area contributed by atoms with Gasteiger partial charge in [-0.05, 0) is 51.3 Å². The van der Waals surface area contributed by atoms with Gasteiger partial charge in [0.15, 0.2) is 0 Å². The number of amides is 1. The summed E-state index contributed by atoms with van der Waals surface area (Å²) in [5.74, 6) is 1.02. The van der Waals surface area contributed by atoms with Crippen molar-refractivity contribution in [2.24, 2.45) is 0 Å². The maximum atomic E-state index is 13.8. The SMILES string of the molecule is CCc1nccn1CCC(=O)N1CCCC12CN(c1cccc(F)c1)C(C)(C)C2. The van der Waals surface area contributed by atoms with E-state index >= 15 is 0 Å². The lowest BCUT2D eigenvalue weighted by atomic mass is 9.87. The Kier molecular flexibility index (Phi) is 5.13. The number of likely N-dealkylation sites (tertiary alicyclic amines) is 1. The minimum Gasteiger partial charge on any atom is -0.364 e. The molecule has 6 heteroatoms. The smallest absolute Gasteiger partial charge is 0.224 e. The average Bonchev–Trinajstić information content (AvgIpc) is 3.36. The molecule has 2 aromatic rings. The van der Waals surface area contributed by atoms with Crippen molar-refractivity contribution < 1.29 is 9.18 Å². The van der Waals surface area contributed by atoms with E-state index in [1.165, 1.54) is 6.07 Å². The van der Waals surface area contributed by atoms with Crippen LogP contribution in [0.3, 0.4) is 0 Å². The highest BCUT2D eigenvalue weighted by Crippen LogP contribution is 2.47. The van der Waals surface area contributed by atoms with Gasteiger partial charge in [-0.15, -0.1) is 0 Å². The molecule has 29 heavy (non-hydrogen) atoms. The van der Waals surface area contributed by atoms with Gasteiger partial charge in [-0.3, -0.25) is 4.79 Å². The molecule has 0 bridgehead atoms. The lowest BCUT2D eigenvalue weighted by molar-refractivity contribution is -0.135. The Balaban J connectivity index is 1.51. The molecule has 5 nitrogen and oxygen atoms in total. The molecule has 2 saturated heterocycles. The van der Waals surface area contributed by atoms with E-state index in [4.69, 9.17) is 0 Å². The van der Waals surface area contributed by atoms with Gasteiger partial charge in [0.1, 0.15) is 11.6 Å². The summed E-state index contributed by atoms with van der Waals surface area (Å²) in [5.41, 5.74) is 0.614.